The number of hydrogen-bond acceptors (Lipinski definition) is 2. The number of aromatic amines is 1. The van der Waals surface area contributed by atoms with Gasteiger partial charge in [-0.2, -0.15) is 5.10 Å². The lowest BCUT2D eigenvalue weighted by atomic mass is 9.95. The molecule has 0 aliphatic carbocycles. The van der Waals surface area contributed by atoms with Gasteiger partial charge in [-0.1, -0.05) is 13.8 Å². The fourth-order valence-corrected chi connectivity index (χ4v) is 2.07. The molecule has 1 aliphatic heterocycles. The Balaban J connectivity index is 1.99. The summed E-state index contributed by atoms with van der Waals surface area (Å²) < 4.78 is 0. The molecule has 1 N–H and O–H groups in total. The van der Waals surface area contributed by atoms with Crippen molar-refractivity contribution in [3.05, 3.63) is 18.0 Å². The normalized spacial score (nSPS) is 21.3. The number of nitrogens with zero attached hydrogens (tertiary/aromatic N) is 2. The molecule has 2 rings (SSSR count). The Morgan fingerprint density at radius 1 is 1.67 bits per heavy atom. The van der Waals surface area contributed by atoms with E-state index < -0.39 is 0 Å². The second kappa shape index (κ2) is 4.04. The van der Waals surface area contributed by atoms with Gasteiger partial charge in [0.25, 0.3) is 5.91 Å². The summed E-state index contributed by atoms with van der Waals surface area (Å²) in [5, 5.41) is 6.47. The molecule has 1 saturated heterocycles. The second-order valence-corrected chi connectivity index (χ2v) is 4.53. The summed E-state index contributed by atoms with van der Waals surface area (Å²) in [6.07, 6.45) is 4.37. The Labute approximate surface area is 89.7 Å². The van der Waals surface area contributed by atoms with Crippen molar-refractivity contribution in [1.29, 1.82) is 0 Å². The largest absolute Gasteiger partial charge is 0.338 e. The third-order valence-corrected chi connectivity index (χ3v) is 3.20. The Hall–Kier alpha value is -1.32. The lowest BCUT2D eigenvalue weighted by molar-refractivity contribution is 0.0784. The lowest BCUT2D eigenvalue weighted by Crippen LogP contribution is -2.29. The van der Waals surface area contributed by atoms with Crippen molar-refractivity contribution >= 4 is 5.91 Å². The SMILES string of the molecule is CC(C)C1CCN(C(=O)c2cn[nH]c2)C1. The Bertz CT molecular complexity index is 332. The summed E-state index contributed by atoms with van der Waals surface area (Å²) in [6, 6.07) is 0. The van der Waals surface area contributed by atoms with E-state index in [9.17, 15) is 4.79 Å². The van der Waals surface area contributed by atoms with Crippen molar-refractivity contribution in [3.63, 3.8) is 0 Å². The van der Waals surface area contributed by atoms with Gasteiger partial charge in [0.05, 0.1) is 11.8 Å². The maximum Gasteiger partial charge on any atom is 0.257 e. The molecule has 1 fully saturated rings. The van der Waals surface area contributed by atoms with E-state index in [-0.39, 0.29) is 5.91 Å². The van der Waals surface area contributed by atoms with E-state index in [1.165, 1.54) is 0 Å². The van der Waals surface area contributed by atoms with Crippen LogP contribution in [0.5, 0.6) is 0 Å². The van der Waals surface area contributed by atoms with Crippen molar-refractivity contribution in [2.45, 2.75) is 20.3 Å². The first-order valence-electron chi connectivity index (χ1n) is 5.46. The van der Waals surface area contributed by atoms with Gasteiger partial charge in [0.15, 0.2) is 0 Å². The van der Waals surface area contributed by atoms with Crippen LogP contribution in [0, 0.1) is 11.8 Å². The molecule has 0 aromatic carbocycles. The van der Waals surface area contributed by atoms with Crippen LogP contribution in [0.2, 0.25) is 0 Å². The van der Waals surface area contributed by atoms with Gasteiger partial charge < -0.3 is 4.90 Å². The molecule has 1 aliphatic rings. The number of likely N-dealkylation sites (tertiary alicyclic amines) is 1. The van der Waals surface area contributed by atoms with Crippen LogP contribution >= 0.6 is 0 Å². The summed E-state index contributed by atoms with van der Waals surface area (Å²) in [4.78, 5) is 13.9. The van der Waals surface area contributed by atoms with E-state index in [1.807, 2.05) is 4.90 Å². The van der Waals surface area contributed by atoms with Crippen LogP contribution in [-0.4, -0.2) is 34.1 Å². The number of carbonyl (C=O) groups is 1. The van der Waals surface area contributed by atoms with E-state index in [4.69, 9.17) is 0 Å². The van der Waals surface area contributed by atoms with Gasteiger partial charge in [0, 0.05) is 19.3 Å². The minimum atomic E-state index is 0.104. The van der Waals surface area contributed by atoms with Gasteiger partial charge in [-0.3, -0.25) is 9.89 Å². The third kappa shape index (κ3) is 2.03. The smallest absolute Gasteiger partial charge is 0.257 e. The van der Waals surface area contributed by atoms with Crippen molar-refractivity contribution in [2.24, 2.45) is 11.8 Å². The van der Waals surface area contributed by atoms with Gasteiger partial charge in [-0.25, -0.2) is 0 Å². The van der Waals surface area contributed by atoms with Crippen LogP contribution in [-0.2, 0) is 0 Å². The molecular formula is C11H17N3O. The van der Waals surface area contributed by atoms with Crippen LogP contribution in [0.15, 0.2) is 12.4 Å². The summed E-state index contributed by atoms with van der Waals surface area (Å²) in [5.74, 6) is 1.42. The van der Waals surface area contributed by atoms with Gasteiger partial charge in [0.2, 0.25) is 0 Å². The molecule has 0 radical (unpaired) electrons. The van der Waals surface area contributed by atoms with Crippen LogP contribution < -0.4 is 0 Å². The number of H-pyrrole nitrogens is 1. The number of amides is 1. The molecule has 82 valence electrons. The average molecular weight is 207 g/mol. The molecule has 1 amide bonds. The molecule has 1 atom stereocenters. The van der Waals surface area contributed by atoms with Crippen LogP contribution in [0.3, 0.4) is 0 Å². The summed E-state index contributed by atoms with van der Waals surface area (Å²) in [5.41, 5.74) is 0.666. The summed E-state index contributed by atoms with van der Waals surface area (Å²) in [7, 11) is 0. The highest BCUT2D eigenvalue weighted by Gasteiger charge is 2.28. The maximum atomic E-state index is 11.9. The molecule has 0 bridgehead atoms. The van der Waals surface area contributed by atoms with Gasteiger partial charge in [-0.15, -0.1) is 0 Å². The number of hydrogen-bond donors (Lipinski definition) is 1. The topological polar surface area (TPSA) is 49.0 Å². The highest BCUT2D eigenvalue weighted by atomic mass is 16.2. The predicted octanol–water partition coefficient (Wildman–Crippen LogP) is 1.53. The zero-order valence-electron chi connectivity index (χ0n) is 9.23. The summed E-state index contributed by atoms with van der Waals surface area (Å²) >= 11 is 0. The Morgan fingerprint density at radius 2 is 2.47 bits per heavy atom. The fraction of sp³-hybridized carbons (Fsp3) is 0.636. The second-order valence-electron chi connectivity index (χ2n) is 4.53. The highest BCUT2D eigenvalue weighted by molar-refractivity contribution is 5.93. The fourth-order valence-electron chi connectivity index (χ4n) is 2.07. The van der Waals surface area contributed by atoms with Crippen LogP contribution in [0.25, 0.3) is 0 Å². The molecule has 0 saturated carbocycles. The van der Waals surface area contributed by atoms with E-state index in [1.54, 1.807) is 12.4 Å². The zero-order valence-corrected chi connectivity index (χ0v) is 9.23. The number of aromatic nitrogens is 2. The number of rotatable bonds is 2. The van der Waals surface area contributed by atoms with Crippen LogP contribution in [0.4, 0.5) is 0 Å². The first-order chi connectivity index (χ1) is 7.18. The molecule has 1 aromatic rings. The Kier molecular flexibility index (Phi) is 2.75. The zero-order chi connectivity index (χ0) is 10.8. The van der Waals surface area contributed by atoms with E-state index in [0.717, 1.165) is 19.5 Å². The van der Waals surface area contributed by atoms with Crippen molar-refractivity contribution in [2.75, 3.05) is 13.1 Å². The monoisotopic (exact) mass is 207 g/mol. The molecule has 2 heterocycles. The lowest BCUT2D eigenvalue weighted by Gasteiger charge is -2.17. The average Bonchev–Trinajstić information content (AvgIpc) is 2.88. The molecule has 4 nitrogen and oxygen atoms in total. The minimum absolute atomic E-state index is 0.104. The Morgan fingerprint density at radius 3 is 3.00 bits per heavy atom. The molecule has 0 spiro atoms. The van der Waals surface area contributed by atoms with E-state index >= 15 is 0 Å². The predicted molar refractivity (Wildman–Crippen MR) is 57.4 cm³/mol. The summed E-state index contributed by atoms with van der Waals surface area (Å²) in [6.45, 7) is 6.21. The van der Waals surface area contributed by atoms with Gasteiger partial charge in [0.1, 0.15) is 0 Å². The van der Waals surface area contributed by atoms with Crippen molar-refractivity contribution < 1.29 is 4.79 Å². The molecule has 1 unspecified atom stereocenters. The molecule has 15 heavy (non-hydrogen) atoms. The minimum Gasteiger partial charge on any atom is -0.338 e. The molecule has 4 heteroatoms. The highest BCUT2D eigenvalue weighted by Crippen LogP contribution is 2.24. The first kappa shape index (κ1) is 10.2. The van der Waals surface area contributed by atoms with Gasteiger partial charge in [-0.05, 0) is 18.3 Å². The van der Waals surface area contributed by atoms with Crippen molar-refractivity contribution in [3.8, 4) is 0 Å². The standard InChI is InChI=1S/C11H17N3O/c1-8(2)9-3-4-14(7-9)11(15)10-5-12-13-6-10/h5-6,8-9H,3-4,7H2,1-2H3,(H,12,13). The first-order valence-corrected chi connectivity index (χ1v) is 5.46. The maximum absolute atomic E-state index is 11.9. The van der Waals surface area contributed by atoms with E-state index in [2.05, 4.69) is 24.0 Å². The molecule has 1 aromatic heterocycles. The van der Waals surface area contributed by atoms with Crippen molar-refractivity contribution in [1.82, 2.24) is 15.1 Å². The third-order valence-electron chi connectivity index (χ3n) is 3.20. The quantitative estimate of drug-likeness (QED) is 0.799. The van der Waals surface area contributed by atoms with Crippen LogP contribution in [0.1, 0.15) is 30.6 Å². The molecular weight excluding hydrogens is 190 g/mol. The van der Waals surface area contributed by atoms with Gasteiger partial charge >= 0.3 is 0 Å². The number of nitrogens with one attached hydrogen (secondary N) is 1. The van der Waals surface area contributed by atoms with E-state index in [0.29, 0.717) is 17.4 Å². The number of carbonyl (C=O) groups excluding carboxylic acids is 1.